The first kappa shape index (κ1) is 15.8. The Labute approximate surface area is 128 Å². The molecule has 0 spiro atoms. The lowest BCUT2D eigenvalue weighted by molar-refractivity contribution is 0.339. The molecule has 0 saturated heterocycles. The van der Waals surface area contributed by atoms with Gasteiger partial charge < -0.3 is 4.74 Å². The first-order chi connectivity index (χ1) is 10.1. The van der Waals surface area contributed by atoms with Crippen LogP contribution in [0, 0.1) is 5.82 Å². The highest BCUT2D eigenvalue weighted by atomic mass is 35.5. The molecule has 0 amide bonds. The summed E-state index contributed by atoms with van der Waals surface area (Å²) in [6, 6.07) is 12.1. The van der Waals surface area contributed by atoms with Gasteiger partial charge in [0.2, 0.25) is 0 Å². The standard InChI is InChI=1S/C16H18ClFN2O/c1-2-21-14-5-3-4-12(8-14)16(20-19)9-11-6-7-13(17)10-15(11)18/h3-8,10,16,20H,2,9,19H2,1H3. The summed E-state index contributed by atoms with van der Waals surface area (Å²) >= 11 is 5.76. The van der Waals surface area contributed by atoms with E-state index in [1.165, 1.54) is 6.07 Å². The highest BCUT2D eigenvalue weighted by Gasteiger charge is 2.14. The average Bonchev–Trinajstić information content (AvgIpc) is 2.47. The summed E-state index contributed by atoms with van der Waals surface area (Å²) in [5.74, 6) is 6.06. The second kappa shape index (κ2) is 7.41. The van der Waals surface area contributed by atoms with Gasteiger partial charge in [-0.15, -0.1) is 0 Å². The van der Waals surface area contributed by atoms with Crippen molar-refractivity contribution in [3.05, 3.63) is 64.4 Å². The Morgan fingerprint density at radius 1 is 1.29 bits per heavy atom. The highest BCUT2D eigenvalue weighted by Crippen LogP contribution is 2.24. The fourth-order valence-corrected chi connectivity index (χ4v) is 2.33. The van der Waals surface area contributed by atoms with Crippen LogP contribution in [0.2, 0.25) is 5.02 Å². The number of nitrogens with one attached hydrogen (secondary N) is 1. The van der Waals surface area contributed by atoms with Crippen LogP contribution in [0.25, 0.3) is 0 Å². The van der Waals surface area contributed by atoms with Gasteiger partial charge in [0.05, 0.1) is 12.6 Å². The van der Waals surface area contributed by atoms with Gasteiger partial charge in [-0.25, -0.2) is 4.39 Å². The van der Waals surface area contributed by atoms with Crippen LogP contribution in [0.3, 0.4) is 0 Å². The van der Waals surface area contributed by atoms with Crippen molar-refractivity contribution in [2.75, 3.05) is 6.61 Å². The fourth-order valence-electron chi connectivity index (χ4n) is 2.17. The zero-order valence-corrected chi connectivity index (χ0v) is 12.5. The SMILES string of the molecule is CCOc1cccc(C(Cc2ccc(Cl)cc2F)NN)c1. The minimum absolute atomic E-state index is 0.207. The van der Waals surface area contributed by atoms with Gasteiger partial charge in [-0.2, -0.15) is 0 Å². The molecule has 1 unspecified atom stereocenters. The Balaban J connectivity index is 2.21. The molecule has 2 aromatic rings. The zero-order chi connectivity index (χ0) is 15.2. The Hall–Kier alpha value is -1.62. The number of rotatable bonds is 6. The Bertz CT molecular complexity index is 607. The van der Waals surface area contributed by atoms with Crippen molar-refractivity contribution in [3.63, 3.8) is 0 Å². The monoisotopic (exact) mass is 308 g/mol. The number of hydrazine groups is 1. The van der Waals surface area contributed by atoms with Crippen molar-refractivity contribution in [1.29, 1.82) is 0 Å². The van der Waals surface area contributed by atoms with Crippen LogP contribution in [0.4, 0.5) is 4.39 Å². The quantitative estimate of drug-likeness (QED) is 0.633. The summed E-state index contributed by atoms with van der Waals surface area (Å²) in [7, 11) is 0. The van der Waals surface area contributed by atoms with E-state index >= 15 is 0 Å². The number of ether oxygens (including phenoxy) is 1. The lowest BCUT2D eigenvalue weighted by atomic mass is 9.99. The third-order valence-electron chi connectivity index (χ3n) is 3.21. The van der Waals surface area contributed by atoms with Gasteiger partial charge in [-0.3, -0.25) is 11.3 Å². The first-order valence-corrected chi connectivity index (χ1v) is 7.14. The lowest BCUT2D eigenvalue weighted by Crippen LogP contribution is -2.29. The minimum Gasteiger partial charge on any atom is -0.494 e. The van der Waals surface area contributed by atoms with E-state index in [4.69, 9.17) is 22.2 Å². The lowest BCUT2D eigenvalue weighted by Gasteiger charge is -2.18. The molecular formula is C16H18ClFN2O. The van der Waals surface area contributed by atoms with Crippen LogP contribution < -0.4 is 16.0 Å². The van der Waals surface area contributed by atoms with Crippen molar-refractivity contribution in [1.82, 2.24) is 5.43 Å². The Morgan fingerprint density at radius 3 is 2.76 bits per heavy atom. The van der Waals surface area contributed by atoms with Crippen molar-refractivity contribution in [2.45, 2.75) is 19.4 Å². The molecule has 21 heavy (non-hydrogen) atoms. The molecule has 5 heteroatoms. The van der Waals surface area contributed by atoms with Gasteiger partial charge in [0, 0.05) is 5.02 Å². The Morgan fingerprint density at radius 2 is 2.10 bits per heavy atom. The largest absolute Gasteiger partial charge is 0.494 e. The van der Waals surface area contributed by atoms with Crippen molar-refractivity contribution in [2.24, 2.45) is 5.84 Å². The van der Waals surface area contributed by atoms with E-state index in [1.807, 2.05) is 31.2 Å². The fraction of sp³-hybridized carbons (Fsp3) is 0.250. The number of nitrogens with two attached hydrogens (primary N) is 1. The van der Waals surface area contributed by atoms with Crippen LogP contribution >= 0.6 is 11.6 Å². The van der Waals surface area contributed by atoms with Crippen LogP contribution in [0.5, 0.6) is 5.75 Å². The molecule has 0 saturated carbocycles. The topological polar surface area (TPSA) is 47.3 Å². The molecule has 0 fully saturated rings. The molecule has 0 aromatic heterocycles. The van der Waals surface area contributed by atoms with E-state index in [0.717, 1.165) is 11.3 Å². The summed E-state index contributed by atoms with van der Waals surface area (Å²) in [5, 5.41) is 0.381. The third kappa shape index (κ3) is 4.17. The van der Waals surface area contributed by atoms with E-state index in [1.54, 1.807) is 12.1 Å². The van der Waals surface area contributed by atoms with Gasteiger partial charge >= 0.3 is 0 Å². The molecular weight excluding hydrogens is 291 g/mol. The third-order valence-corrected chi connectivity index (χ3v) is 3.45. The highest BCUT2D eigenvalue weighted by molar-refractivity contribution is 6.30. The zero-order valence-electron chi connectivity index (χ0n) is 11.8. The van der Waals surface area contributed by atoms with Crippen molar-refractivity contribution in [3.8, 4) is 5.75 Å². The maximum Gasteiger partial charge on any atom is 0.127 e. The van der Waals surface area contributed by atoms with Crippen LogP contribution in [-0.2, 0) is 6.42 Å². The van der Waals surface area contributed by atoms with Gasteiger partial charge in [0.1, 0.15) is 11.6 Å². The van der Waals surface area contributed by atoms with Crippen LogP contribution in [0.15, 0.2) is 42.5 Å². The molecule has 1 atom stereocenters. The summed E-state index contributed by atoms with van der Waals surface area (Å²) in [5.41, 5.74) is 4.22. The van der Waals surface area contributed by atoms with E-state index in [2.05, 4.69) is 5.43 Å². The number of hydrogen-bond donors (Lipinski definition) is 2. The summed E-state index contributed by atoms with van der Waals surface area (Å²) in [6.07, 6.45) is 0.426. The average molecular weight is 309 g/mol. The molecule has 3 N–H and O–H groups in total. The smallest absolute Gasteiger partial charge is 0.127 e. The van der Waals surface area contributed by atoms with Gasteiger partial charge in [0.15, 0.2) is 0 Å². The first-order valence-electron chi connectivity index (χ1n) is 6.77. The summed E-state index contributed by atoms with van der Waals surface area (Å²) in [4.78, 5) is 0. The van der Waals surface area contributed by atoms with Gasteiger partial charge in [-0.05, 0) is 48.7 Å². The molecule has 3 nitrogen and oxygen atoms in total. The molecule has 0 radical (unpaired) electrons. The predicted molar refractivity (Wildman–Crippen MR) is 82.8 cm³/mol. The number of halogens is 2. The minimum atomic E-state index is -0.330. The van der Waals surface area contributed by atoms with E-state index in [0.29, 0.717) is 23.6 Å². The second-order valence-electron chi connectivity index (χ2n) is 4.66. The van der Waals surface area contributed by atoms with Crippen LogP contribution in [-0.4, -0.2) is 6.61 Å². The van der Waals surface area contributed by atoms with Crippen LogP contribution in [0.1, 0.15) is 24.1 Å². The normalized spacial score (nSPS) is 12.2. The molecule has 2 aromatic carbocycles. The molecule has 0 bridgehead atoms. The molecule has 0 aliphatic heterocycles. The Kier molecular flexibility index (Phi) is 5.56. The van der Waals surface area contributed by atoms with Crippen molar-refractivity contribution >= 4 is 11.6 Å². The summed E-state index contributed by atoms with van der Waals surface area (Å²) in [6.45, 7) is 2.52. The van der Waals surface area contributed by atoms with E-state index < -0.39 is 0 Å². The molecule has 0 aliphatic carbocycles. The number of hydrogen-bond acceptors (Lipinski definition) is 3. The predicted octanol–water partition coefficient (Wildman–Crippen LogP) is 3.62. The maximum atomic E-state index is 13.9. The molecule has 2 rings (SSSR count). The van der Waals surface area contributed by atoms with Crippen molar-refractivity contribution < 1.29 is 9.13 Å². The molecule has 0 heterocycles. The van der Waals surface area contributed by atoms with E-state index in [-0.39, 0.29) is 11.9 Å². The second-order valence-corrected chi connectivity index (χ2v) is 5.10. The molecule has 112 valence electrons. The van der Waals surface area contributed by atoms with Gasteiger partial charge in [-0.1, -0.05) is 29.8 Å². The molecule has 0 aliphatic rings. The van der Waals surface area contributed by atoms with E-state index in [9.17, 15) is 4.39 Å². The van der Waals surface area contributed by atoms with Gasteiger partial charge in [0.25, 0.3) is 0 Å². The number of benzene rings is 2. The maximum absolute atomic E-state index is 13.9. The summed E-state index contributed by atoms with van der Waals surface area (Å²) < 4.78 is 19.4.